The molecule has 0 spiro atoms. The van der Waals surface area contributed by atoms with E-state index in [0.29, 0.717) is 5.82 Å². The molecule has 0 bridgehead atoms. The summed E-state index contributed by atoms with van der Waals surface area (Å²) >= 11 is 1.83. The summed E-state index contributed by atoms with van der Waals surface area (Å²) in [4.78, 5) is 15.6. The third-order valence-electron chi connectivity index (χ3n) is 9.45. The van der Waals surface area contributed by atoms with Gasteiger partial charge in [-0.15, -0.1) is 11.3 Å². The van der Waals surface area contributed by atoms with E-state index in [1.54, 1.807) is 0 Å². The molecule has 7 aromatic carbocycles. The molecule has 49 heavy (non-hydrogen) atoms. The second-order valence-corrected chi connectivity index (χ2v) is 13.5. The Hall–Kier alpha value is -6.23. The van der Waals surface area contributed by atoms with Gasteiger partial charge in [-0.25, -0.2) is 15.0 Å². The van der Waals surface area contributed by atoms with E-state index in [1.165, 1.54) is 47.1 Å². The first-order valence-corrected chi connectivity index (χ1v) is 17.3. The van der Waals surface area contributed by atoms with Crippen LogP contribution in [0, 0.1) is 0 Å². The van der Waals surface area contributed by atoms with E-state index in [-0.39, 0.29) is 0 Å². The number of thiophene rings is 1. The molecule has 0 aliphatic heterocycles. The van der Waals surface area contributed by atoms with Gasteiger partial charge in [0.15, 0.2) is 5.82 Å². The van der Waals surface area contributed by atoms with Gasteiger partial charge in [-0.3, -0.25) is 0 Å². The van der Waals surface area contributed by atoms with E-state index in [4.69, 9.17) is 15.0 Å². The highest BCUT2D eigenvalue weighted by Crippen LogP contribution is 2.44. The summed E-state index contributed by atoms with van der Waals surface area (Å²) in [5.74, 6) is 0.708. The Kier molecular flexibility index (Phi) is 6.36. The first-order valence-electron chi connectivity index (χ1n) is 16.4. The van der Waals surface area contributed by atoms with Crippen LogP contribution in [-0.4, -0.2) is 15.0 Å². The van der Waals surface area contributed by atoms with Crippen LogP contribution in [0.25, 0.3) is 97.8 Å². The van der Waals surface area contributed by atoms with Crippen LogP contribution >= 0.6 is 11.3 Å². The van der Waals surface area contributed by atoms with Crippen LogP contribution < -0.4 is 0 Å². The van der Waals surface area contributed by atoms with Crippen molar-refractivity contribution >= 4 is 64.0 Å². The SMILES string of the molecule is c1ccc(-c2cc(-c3ccc4sc5c6ccccc6nc(-c6ccccc6)c5c4c3)nc(-c3ccc4c(ccc5ccccc54)c3)n2)cc1. The largest absolute Gasteiger partial charge is 0.247 e. The predicted octanol–water partition coefficient (Wildman–Crippen LogP) is 12.4. The molecule has 3 nitrogen and oxygen atoms in total. The molecule has 3 heterocycles. The third kappa shape index (κ3) is 4.68. The molecule has 0 unspecified atom stereocenters. The normalized spacial score (nSPS) is 11.7. The van der Waals surface area contributed by atoms with Crippen LogP contribution in [0.4, 0.5) is 0 Å². The number of hydrogen-bond donors (Lipinski definition) is 0. The Balaban J connectivity index is 1.20. The fourth-order valence-corrected chi connectivity index (χ4v) is 8.28. The van der Waals surface area contributed by atoms with Crippen molar-refractivity contribution in [3.8, 4) is 45.2 Å². The van der Waals surface area contributed by atoms with Gasteiger partial charge in [-0.2, -0.15) is 0 Å². The number of nitrogens with zero attached hydrogens (tertiary/aromatic N) is 3. The summed E-state index contributed by atoms with van der Waals surface area (Å²) in [5, 5.41) is 8.44. The zero-order valence-electron chi connectivity index (χ0n) is 26.3. The molecule has 0 saturated heterocycles. The zero-order valence-corrected chi connectivity index (χ0v) is 27.2. The van der Waals surface area contributed by atoms with Crippen molar-refractivity contribution in [2.75, 3.05) is 0 Å². The highest BCUT2D eigenvalue weighted by molar-refractivity contribution is 7.26. The van der Waals surface area contributed by atoms with Crippen molar-refractivity contribution < 1.29 is 0 Å². The first kappa shape index (κ1) is 27.8. The minimum absolute atomic E-state index is 0.708. The van der Waals surface area contributed by atoms with Crippen molar-refractivity contribution in [2.24, 2.45) is 0 Å². The maximum Gasteiger partial charge on any atom is 0.160 e. The number of hydrogen-bond acceptors (Lipinski definition) is 4. The van der Waals surface area contributed by atoms with Gasteiger partial charge in [0.25, 0.3) is 0 Å². The highest BCUT2D eigenvalue weighted by Gasteiger charge is 2.18. The Labute approximate surface area is 286 Å². The summed E-state index contributed by atoms with van der Waals surface area (Å²) in [6.07, 6.45) is 0. The Morgan fingerprint density at radius 1 is 0.388 bits per heavy atom. The zero-order chi connectivity index (χ0) is 32.3. The van der Waals surface area contributed by atoms with Crippen LogP contribution in [0.15, 0.2) is 164 Å². The molecule has 0 aliphatic rings. The predicted molar refractivity (Wildman–Crippen MR) is 207 cm³/mol. The third-order valence-corrected chi connectivity index (χ3v) is 10.7. The minimum atomic E-state index is 0.708. The first-order chi connectivity index (χ1) is 24.3. The van der Waals surface area contributed by atoms with E-state index >= 15 is 0 Å². The van der Waals surface area contributed by atoms with Gasteiger partial charge in [0, 0.05) is 47.8 Å². The van der Waals surface area contributed by atoms with Gasteiger partial charge in [0.2, 0.25) is 0 Å². The van der Waals surface area contributed by atoms with Gasteiger partial charge in [0.05, 0.1) is 22.6 Å². The lowest BCUT2D eigenvalue weighted by Crippen LogP contribution is -1.96. The lowest BCUT2D eigenvalue weighted by molar-refractivity contribution is 1.18. The van der Waals surface area contributed by atoms with Crippen molar-refractivity contribution in [1.82, 2.24) is 15.0 Å². The Bertz CT molecular complexity index is 2880. The molecule has 0 radical (unpaired) electrons. The number of rotatable bonds is 4. The second kappa shape index (κ2) is 11.2. The Morgan fingerprint density at radius 2 is 1.04 bits per heavy atom. The molecule has 3 aromatic heterocycles. The lowest BCUT2D eigenvalue weighted by atomic mass is 9.99. The van der Waals surface area contributed by atoms with Crippen molar-refractivity contribution in [3.05, 3.63) is 164 Å². The molecule has 10 rings (SSSR count). The topological polar surface area (TPSA) is 38.7 Å². The van der Waals surface area contributed by atoms with Crippen LogP contribution in [0.3, 0.4) is 0 Å². The maximum absolute atomic E-state index is 5.25. The average Bonchev–Trinajstić information content (AvgIpc) is 3.57. The lowest BCUT2D eigenvalue weighted by Gasteiger charge is -2.11. The van der Waals surface area contributed by atoms with E-state index in [0.717, 1.165) is 44.9 Å². The number of benzene rings is 7. The summed E-state index contributed by atoms with van der Waals surface area (Å²) < 4.78 is 2.49. The van der Waals surface area contributed by atoms with Crippen molar-refractivity contribution in [2.45, 2.75) is 0 Å². The van der Waals surface area contributed by atoms with Gasteiger partial charge >= 0.3 is 0 Å². The molecular formula is C45H27N3S. The molecule has 10 aromatic rings. The molecular weight excluding hydrogens is 615 g/mol. The summed E-state index contributed by atoms with van der Waals surface area (Å²) in [6.45, 7) is 0. The molecule has 228 valence electrons. The second-order valence-electron chi connectivity index (χ2n) is 12.4. The molecule has 0 saturated carbocycles. The van der Waals surface area contributed by atoms with Crippen LogP contribution in [0.5, 0.6) is 0 Å². The smallest absolute Gasteiger partial charge is 0.160 e. The number of para-hydroxylation sites is 1. The quantitative estimate of drug-likeness (QED) is 0.180. The van der Waals surface area contributed by atoms with Crippen LogP contribution in [0.2, 0.25) is 0 Å². The monoisotopic (exact) mass is 641 g/mol. The van der Waals surface area contributed by atoms with Crippen LogP contribution in [0.1, 0.15) is 0 Å². The molecule has 0 atom stereocenters. The summed E-state index contributed by atoms with van der Waals surface area (Å²) in [7, 11) is 0. The maximum atomic E-state index is 5.25. The van der Waals surface area contributed by atoms with Gasteiger partial charge in [0.1, 0.15) is 0 Å². The average molecular weight is 642 g/mol. The fourth-order valence-electron chi connectivity index (χ4n) is 7.06. The summed E-state index contributed by atoms with van der Waals surface area (Å²) in [6, 6.07) is 57.7. The molecule has 0 N–H and O–H groups in total. The number of aromatic nitrogens is 3. The number of pyridine rings is 1. The van der Waals surface area contributed by atoms with E-state index in [2.05, 4.69) is 158 Å². The molecule has 0 fully saturated rings. The summed E-state index contributed by atoms with van der Waals surface area (Å²) in [5.41, 5.74) is 8.02. The van der Waals surface area contributed by atoms with E-state index < -0.39 is 0 Å². The van der Waals surface area contributed by atoms with E-state index in [9.17, 15) is 0 Å². The van der Waals surface area contributed by atoms with Gasteiger partial charge in [-0.1, -0.05) is 133 Å². The number of fused-ring (bicyclic) bond motifs is 8. The fraction of sp³-hybridized carbons (Fsp3) is 0. The minimum Gasteiger partial charge on any atom is -0.247 e. The highest BCUT2D eigenvalue weighted by atomic mass is 32.1. The molecule has 4 heteroatoms. The standard InChI is InChI=1S/C45H27N3S/c1-3-12-29(13-4-1)39-27-40(48-45(47-39)33-21-23-35-31(25-33)20-19-28-11-7-8-16-34(28)35)32-22-24-41-37(26-32)42-43(30-14-5-2-6-15-30)46-38-18-10-9-17-36(38)44(42)49-41/h1-27H. The molecule has 0 aliphatic carbocycles. The van der Waals surface area contributed by atoms with Gasteiger partial charge in [-0.05, 0) is 51.9 Å². The van der Waals surface area contributed by atoms with Crippen LogP contribution in [-0.2, 0) is 0 Å². The van der Waals surface area contributed by atoms with Gasteiger partial charge < -0.3 is 0 Å². The van der Waals surface area contributed by atoms with Crippen molar-refractivity contribution in [1.29, 1.82) is 0 Å². The molecule has 0 amide bonds. The van der Waals surface area contributed by atoms with E-state index in [1.807, 2.05) is 17.4 Å². The Morgan fingerprint density at radius 3 is 1.88 bits per heavy atom. The van der Waals surface area contributed by atoms with Crippen molar-refractivity contribution in [3.63, 3.8) is 0 Å².